The van der Waals surface area contributed by atoms with E-state index in [1.54, 1.807) is 7.11 Å². The molecule has 0 saturated heterocycles. The van der Waals surface area contributed by atoms with Gasteiger partial charge in [-0.05, 0) is 30.2 Å². The van der Waals surface area contributed by atoms with Gasteiger partial charge < -0.3 is 9.47 Å². The van der Waals surface area contributed by atoms with E-state index in [1.165, 1.54) is 5.56 Å². The molecule has 0 atom stereocenters. The molecule has 0 N–H and O–H groups in total. The van der Waals surface area contributed by atoms with Crippen molar-refractivity contribution in [2.75, 3.05) is 7.11 Å². The first-order valence-corrected chi connectivity index (χ1v) is 5.73. The Bertz CT molecular complexity index is 478. The summed E-state index contributed by atoms with van der Waals surface area (Å²) in [7, 11) is 1.68. The van der Waals surface area contributed by atoms with Crippen LogP contribution >= 0.6 is 0 Å². The lowest BCUT2D eigenvalue weighted by Crippen LogP contribution is -1.91. The third-order valence-electron chi connectivity index (χ3n) is 2.62. The van der Waals surface area contributed by atoms with Crippen molar-refractivity contribution in [1.29, 1.82) is 0 Å². The Morgan fingerprint density at radius 2 is 1.71 bits per heavy atom. The van der Waals surface area contributed by atoms with Gasteiger partial charge in [-0.2, -0.15) is 0 Å². The summed E-state index contributed by atoms with van der Waals surface area (Å²) in [6.07, 6.45) is 0.953. The second-order valence-corrected chi connectivity index (χ2v) is 3.74. The van der Waals surface area contributed by atoms with Crippen LogP contribution in [0.2, 0.25) is 0 Å². The van der Waals surface area contributed by atoms with Crippen molar-refractivity contribution in [3.8, 4) is 17.2 Å². The highest BCUT2D eigenvalue weighted by Crippen LogP contribution is 2.28. The predicted octanol–water partition coefficient (Wildman–Crippen LogP) is 4.05. The molecule has 0 aliphatic rings. The Morgan fingerprint density at radius 3 is 2.35 bits per heavy atom. The Kier molecular flexibility index (Phi) is 3.66. The summed E-state index contributed by atoms with van der Waals surface area (Å²) in [5, 5.41) is 0. The molecule has 2 aromatic carbocycles. The SMILES string of the molecule is CCc1ccc(Oc2ccccc2)cc1OC. The van der Waals surface area contributed by atoms with Crippen molar-refractivity contribution in [2.24, 2.45) is 0 Å². The summed E-state index contributed by atoms with van der Waals surface area (Å²) in [6.45, 7) is 2.11. The molecule has 2 aromatic rings. The topological polar surface area (TPSA) is 18.5 Å². The highest BCUT2D eigenvalue weighted by Gasteiger charge is 2.04. The molecular weight excluding hydrogens is 212 g/mol. The molecule has 0 bridgehead atoms. The normalized spacial score (nSPS) is 10.0. The molecule has 2 heteroatoms. The Morgan fingerprint density at radius 1 is 0.941 bits per heavy atom. The monoisotopic (exact) mass is 228 g/mol. The van der Waals surface area contributed by atoms with Crippen molar-refractivity contribution < 1.29 is 9.47 Å². The van der Waals surface area contributed by atoms with Crippen LogP contribution < -0.4 is 9.47 Å². The van der Waals surface area contributed by atoms with Crippen molar-refractivity contribution in [2.45, 2.75) is 13.3 Å². The van der Waals surface area contributed by atoms with Gasteiger partial charge in [0.15, 0.2) is 0 Å². The van der Waals surface area contributed by atoms with Crippen LogP contribution in [-0.4, -0.2) is 7.11 Å². The van der Waals surface area contributed by atoms with E-state index in [0.717, 1.165) is 23.7 Å². The van der Waals surface area contributed by atoms with Crippen LogP contribution in [0, 0.1) is 0 Å². The van der Waals surface area contributed by atoms with Crippen molar-refractivity contribution >= 4 is 0 Å². The zero-order chi connectivity index (χ0) is 12.1. The number of ether oxygens (including phenoxy) is 2. The van der Waals surface area contributed by atoms with Crippen LogP contribution in [0.5, 0.6) is 17.2 Å². The van der Waals surface area contributed by atoms with Crippen molar-refractivity contribution in [3.05, 3.63) is 54.1 Å². The smallest absolute Gasteiger partial charge is 0.131 e. The van der Waals surface area contributed by atoms with Gasteiger partial charge in [0, 0.05) is 6.07 Å². The van der Waals surface area contributed by atoms with Crippen molar-refractivity contribution in [3.63, 3.8) is 0 Å². The number of para-hydroxylation sites is 1. The fourth-order valence-corrected chi connectivity index (χ4v) is 1.71. The van der Waals surface area contributed by atoms with Crippen molar-refractivity contribution in [1.82, 2.24) is 0 Å². The van der Waals surface area contributed by atoms with Crippen LogP contribution in [0.25, 0.3) is 0 Å². The minimum atomic E-state index is 0.797. The van der Waals surface area contributed by atoms with Crippen LogP contribution in [0.1, 0.15) is 12.5 Å². The molecule has 88 valence electrons. The minimum Gasteiger partial charge on any atom is -0.496 e. The molecule has 2 rings (SSSR count). The predicted molar refractivity (Wildman–Crippen MR) is 68.9 cm³/mol. The van der Waals surface area contributed by atoms with Gasteiger partial charge in [-0.25, -0.2) is 0 Å². The van der Waals surface area contributed by atoms with E-state index >= 15 is 0 Å². The summed E-state index contributed by atoms with van der Waals surface area (Å²) in [6, 6.07) is 15.7. The number of rotatable bonds is 4. The van der Waals surface area contributed by atoms with Gasteiger partial charge in [-0.15, -0.1) is 0 Å². The molecular formula is C15H16O2. The van der Waals surface area contributed by atoms with Gasteiger partial charge in [-0.1, -0.05) is 31.2 Å². The van der Waals surface area contributed by atoms with Crippen LogP contribution in [0.3, 0.4) is 0 Å². The first-order chi connectivity index (χ1) is 8.33. The zero-order valence-corrected chi connectivity index (χ0v) is 10.1. The molecule has 2 nitrogen and oxygen atoms in total. The number of methoxy groups -OCH3 is 1. The van der Waals surface area contributed by atoms with Gasteiger partial charge in [0.1, 0.15) is 17.2 Å². The Labute approximate surface area is 102 Å². The Hall–Kier alpha value is -1.96. The summed E-state index contributed by atoms with van der Waals surface area (Å²) in [5.74, 6) is 2.50. The lowest BCUT2D eigenvalue weighted by Gasteiger charge is -2.10. The number of hydrogen-bond acceptors (Lipinski definition) is 2. The van der Waals surface area contributed by atoms with Crippen LogP contribution in [0.4, 0.5) is 0 Å². The van der Waals surface area contributed by atoms with E-state index in [9.17, 15) is 0 Å². The lowest BCUT2D eigenvalue weighted by atomic mass is 10.1. The summed E-state index contributed by atoms with van der Waals surface area (Å²) in [5.41, 5.74) is 1.19. The molecule has 0 radical (unpaired) electrons. The summed E-state index contributed by atoms with van der Waals surface area (Å²) < 4.78 is 11.1. The standard InChI is InChI=1S/C15H16O2/c1-3-12-9-10-14(11-15(12)16-2)17-13-7-5-4-6-8-13/h4-11H,3H2,1-2H3. The molecule has 0 aliphatic heterocycles. The highest BCUT2D eigenvalue weighted by molar-refractivity contribution is 5.42. The third-order valence-corrected chi connectivity index (χ3v) is 2.62. The molecule has 0 aliphatic carbocycles. The van der Waals surface area contributed by atoms with E-state index < -0.39 is 0 Å². The highest BCUT2D eigenvalue weighted by atomic mass is 16.5. The zero-order valence-electron chi connectivity index (χ0n) is 10.1. The average molecular weight is 228 g/mol. The average Bonchev–Trinajstić information content (AvgIpc) is 2.40. The molecule has 0 unspecified atom stereocenters. The fourth-order valence-electron chi connectivity index (χ4n) is 1.71. The third kappa shape index (κ3) is 2.78. The van der Waals surface area contributed by atoms with E-state index in [0.29, 0.717) is 0 Å². The molecule has 0 aromatic heterocycles. The minimum absolute atomic E-state index is 0.797. The van der Waals surface area contributed by atoms with Gasteiger partial charge in [0.2, 0.25) is 0 Å². The molecule has 17 heavy (non-hydrogen) atoms. The fraction of sp³-hybridized carbons (Fsp3) is 0.200. The maximum absolute atomic E-state index is 5.74. The first-order valence-electron chi connectivity index (χ1n) is 5.73. The van der Waals surface area contributed by atoms with E-state index in [2.05, 4.69) is 6.92 Å². The van der Waals surface area contributed by atoms with E-state index in [4.69, 9.17) is 9.47 Å². The molecule has 0 heterocycles. The number of hydrogen-bond donors (Lipinski definition) is 0. The maximum atomic E-state index is 5.74. The molecule has 0 amide bonds. The van der Waals surface area contributed by atoms with Crippen LogP contribution in [-0.2, 0) is 6.42 Å². The quantitative estimate of drug-likeness (QED) is 0.786. The number of aryl methyl sites for hydroxylation is 1. The summed E-state index contributed by atoms with van der Waals surface area (Å²) >= 11 is 0. The van der Waals surface area contributed by atoms with Gasteiger partial charge in [0.25, 0.3) is 0 Å². The number of benzene rings is 2. The van der Waals surface area contributed by atoms with E-state index in [-0.39, 0.29) is 0 Å². The molecule has 0 spiro atoms. The largest absolute Gasteiger partial charge is 0.496 e. The maximum Gasteiger partial charge on any atom is 0.131 e. The Balaban J connectivity index is 2.22. The van der Waals surface area contributed by atoms with Gasteiger partial charge in [-0.3, -0.25) is 0 Å². The van der Waals surface area contributed by atoms with Gasteiger partial charge in [0.05, 0.1) is 7.11 Å². The second-order valence-electron chi connectivity index (χ2n) is 3.74. The van der Waals surface area contributed by atoms with E-state index in [1.807, 2.05) is 48.5 Å². The first kappa shape index (κ1) is 11.5. The summed E-state index contributed by atoms with van der Waals surface area (Å²) in [4.78, 5) is 0. The lowest BCUT2D eigenvalue weighted by molar-refractivity contribution is 0.404. The van der Waals surface area contributed by atoms with Crippen LogP contribution in [0.15, 0.2) is 48.5 Å². The molecule has 0 saturated carbocycles. The molecule has 0 fully saturated rings. The van der Waals surface area contributed by atoms with Gasteiger partial charge >= 0.3 is 0 Å². The second kappa shape index (κ2) is 5.39.